The van der Waals surface area contributed by atoms with Crippen LogP contribution in [0.2, 0.25) is 0 Å². The van der Waals surface area contributed by atoms with Crippen molar-refractivity contribution in [1.82, 2.24) is 0 Å². The largest absolute Gasteiger partial charge is 0.461 e. The van der Waals surface area contributed by atoms with Gasteiger partial charge in [-0.3, -0.25) is 9.59 Å². The quantitative estimate of drug-likeness (QED) is 0.227. The van der Waals surface area contributed by atoms with E-state index in [0.717, 1.165) is 5.56 Å². The second kappa shape index (κ2) is 7.23. The van der Waals surface area contributed by atoms with Crippen molar-refractivity contribution in [3.8, 4) is 0 Å². The van der Waals surface area contributed by atoms with E-state index in [-0.39, 0.29) is 16.3 Å². The van der Waals surface area contributed by atoms with Crippen LogP contribution in [-0.2, 0) is 25.7 Å². The highest BCUT2D eigenvalue weighted by atomic mass is 79.9. The van der Waals surface area contributed by atoms with Crippen LogP contribution in [0.4, 0.5) is 0 Å². The Morgan fingerprint density at radius 3 is 2.42 bits per heavy atom. The molecule has 9 heteroatoms. The number of hydrogen-bond acceptors (Lipinski definition) is 4. The van der Waals surface area contributed by atoms with Crippen molar-refractivity contribution in [2.24, 2.45) is 17.0 Å². The third kappa shape index (κ3) is 3.09. The number of azide groups is 1. The Balaban J connectivity index is 1.77. The number of carbonyl (C=O) groups excluding carboxylic acids is 2. The number of halogens is 2. The molecule has 2 fully saturated rings. The SMILES string of the molecule is [N-]=[N+]=NC(=O)[C@@H]1[C@H](C(=O)OCc2ccccc2)[C@@H]2O[C@H]1C(Br)C2Br. The number of benzene rings is 1. The average Bonchev–Trinajstić information content (AvgIpc) is 3.11. The number of alkyl halides is 2. The van der Waals surface area contributed by atoms with Crippen LogP contribution in [0.5, 0.6) is 0 Å². The Morgan fingerprint density at radius 2 is 1.79 bits per heavy atom. The minimum absolute atomic E-state index is 0.112. The normalized spacial score (nSPS) is 33.8. The molecule has 0 spiro atoms. The van der Waals surface area contributed by atoms with Crippen LogP contribution in [-0.4, -0.2) is 33.7 Å². The molecule has 6 atom stereocenters. The van der Waals surface area contributed by atoms with Gasteiger partial charge >= 0.3 is 5.97 Å². The molecule has 2 saturated heterocycles. The van der Waals surface area contributed by atoms with Gasteiger partial charge in [0.1, 0.15) is 6.61 Å². The van der Waals surface area contributed by atoms with Crippen LogP contribution in [0.3, 0.4) is 0 Å². The molecule has 0 radical (unpaired) electrons. The van der Waals surface area contributed by atoms with Crippen molar-refractivity contribution in [2.45, 2.75) is 28.5 Å². The maximum atomic E-state index is 12.6. The lowest BCUT2D eigenvalue weighted by Crippen LogP contribution is -2.47. The number of hydrogen-bond donors (Lipinski definition) is 0. The molecule has 126 valence electrons. The average molecular weight is 459 g/mol. The van der Waals surface area contributed by atoms with Crippen LogP contribution in [0, 0.1) is 11.8 Å². The second-order valence-electron chi connectivity index (χ2n) is 5.63. The van der Waals surface area contributed by atoms with Gasteiger partial charge in [0, 0.05) is 4.91 Å². The number of rotatable bonds is 4. The van der Waals surface area contributed by atoms with E-state index in [9.17, 15) is 9.59 Å². The zero-order valence-corrected chi connectivity index (χ0v) is 15.5. The van der Waals surface area contributed by atoms with Crippen LogP contribution in [0.25, 0.3) is 10.4 Å². The smallest absolute Gasteiger partial charge is 0.312 e. The lowest BCUT2D eigenvalue weighted by atomic mass is 9.78. The van der Waals surface area contributed by atoms with Gasteiger partial charge in [-0.15, -0.1) is 0 Å². The molecule has 0 N–H and O–H groups in total. The minimum Gasteiger partial charge on any atom is -0.461 e. The Hall–Kier alpha value is -1.41. The van der Waals surface area contributed by atoms with Crippen LogP contribution in [0.15, 0.2) is 35.4 Å². The zero-order chi connectivity index (χ0) is 17.3. The lowest BCUT2D eigenvalue weighted by molar-refractivity contribution is -0.154. The molecule has 7 nitrogen and oxygen atoms in total. The Kier molecular flexibility index (Phi) is 5.24. The first-order chi connectivity index (χ1) is 11.5. The van der Waals surface area contributed by atoms with E-state index in [1.807, 2.05) is 30.3 Å². The van der Waals surface area contributed by atoms with Gasteiger partial charge in [-0.25, -0.2) is 0 Å². The van der Waals surface area contributed by atoms with E-state index in [4.69, 9.17) is 15.0 Å². The monoisotopic (exact) mass is 457 g/mol. The topological polar surface area (TPSA) is 101 Å². The van der Waals surface area contributed by atoms with E-state index >= 15 is 0 Å². The third-order valence-electron chi connectivity index (χ3n) is 4.27. The highest BCUT2D eigenvalue weighted by Crippen LogP contribution is 2.50. The fourth-order valence-electron chi connectivity index (χ4n) is 3.18. The summed E-state index contributed by atoms with van der Waals surface area (Å²) in [5, 5.41) is 3.15. The van der Waals surface area contributed by atoms with Gasteiger partial charge in [0.25, 0.3) is 0 Å². The second-order valence-corrected chi connectivity index (χ2v) is 7.74. The molecule has 3 rings (SSSR count). The first-order valence-electron chi connectivity index (χ1n) is 7.27. The van der Waals surface area contributed by atoms with Crippen LogP contribution < -0.4 is 0 Å². The molecule has 24 heavy (non-hydrogen) atoms. The van der Waals surface area contributed by atoms with E-state index < -0.39 is 35.9 Å². The molecule has 0 aliphatic carbocycles. The third-order valence-corrected chi connectivity index (χ3v) is 7.16. The van der Waals surface area contributed by atoms with Gasteiger partial charge in [-0.1, -0.05) is 62.2 Å². The maximum absolute atomic E-state index is 12.6. The Morgan fingerprint density at radius 1 is 1.17 bits per heavy atom. The lowest BCUT2D eigenvalue weighted by Gasteiger charge is -2.30. The molecule has 2 aliphatic heterocycles. The number of ether oxygens (including phenoxy) is 2. The van der Waals surface area contributed by atoms with Crippen molar-refractivity contribution in [1.29, 1.82) is 0 Å². The summed E-state index contributed by atoms with van der Waals surface area (Å²) in [6.45, 7) is 0.112. The summed E-state index contributed by atoms with van der Waals surface area (Å²) < 4.78 is 11.1. The van der Waals surface area contributed by atoms with Gasteiger partial charge < -0.3 is 9.47 Å². The van der Waals surface area contributed by atoms with E-state index in [2.05, 4.69) is 41.9 Å². The predicted molar refractivity (Wildman–Crippen MR) is 91.5 cm³/mol. The molecule has 1 aromatic rings. The summed E-state index contributed by atoms with van der Waals surface area (Å²) in [7, 11) is 0. The highest BCUT2D eigenvalue weighted by Gasteiger charge is 2.63. The summed E-state index contributed by atoms with van der Waals surface area (Å²) in [4.78, 5) is 26.9. The molecule has 2 bridgehead atoms. The molecule has 0 saturated carbocycles. The van der Waals surface area contributed by atoms with Gasteiger partial charge in [-0.05, 0) is 16.2 Å². The number of esters is 1. The van der Waals surface area contributed by atoms with E-state index in [1.54, 1.807) is 0 Å². The standard InChI is InChI=1S/C15H13Br2N3O4/c16-10-11(17)13-9(8(12(10)24-13)14(21)19-20-18)15(22)23-6-7-4-2-1-3-5-7/h1-5,8-13H,6H2/t8-,9+,10?,11?,12-,13+/m1/s1. The molecule has 1 amide bonds. The fourth-order valence-corrected chi connectivity index (χ4v) is 4.69. The van der Waals surface area contributed by atoms with Crippen molar-refractivity contribution in [3.63, 3.8) is 0 Å². The first-order valence-corrected chi connectivity index (χ1v) is 9.11. The molecule has 2 aliphatic rings. The van der Waals surface area contributed by atoms with Crippen molar-refractivity contribution >= 4 is 43.7 Å². The van der Waals surface area contributed by atoms with Crippen molar-refractivity contribution in [3.05, 3.63) is 46.3 Å². The van der Waals surface area contributed by atoms with Crippen molar-refractivity contribution in [2.75, 3.05) is 0 Å². The van der Waals surface area contributed by atoms with E-state index in [1.165, 1.54) is 0 Å². The first kappa shape index (κ1) is 17.4. The fraction of sp³-hybridized carbons (Fsp3) is 0.467. The van der Waals surface area contributed by atoms with Gasteiger partial charge in [0.2, 0.25) is 5.91 Å². The summed E-state index contributed by atoms with van der Waals surface area (Å²) in [6, 6.07) is 9.25. The summed E-state index contributed by atoms with van der Waals surface area (Å²) in [5.74, 6) is -2.86. The molecule has 0 aromatic heterocycles. The number of carbonyl (C=O) groups is 2. The Bertz CT molecular complexity index is 695. The number of fused-ring (bicyclic) bond motifs is 2. The minimum atomic E-state index is -0.840. The molecule has 2 heterocycles. The maximum Gasteiger partial charge on any atom is 0.312 e. The molecular weight excluding hydrogens is 446 g/mol. The Labute approximate surface area is 154 Å². The predicted octanol–water partition coefficient (Wildman–Crippen LogP) is 3.11. The van der Waals surface area contributed by atoms with Gasteiger partial charge in [-0.2, -0.15) is 0 Å². The zero-order valence-electron chi connectivity index (χ0n) is 12.3. The van der Waals surface area contributed by atoms with Crippen LogP contribution >= 0.6 is 31.9 Å². The molecule has 1 aromatic carbocycles. The van der Waals surface area contributed by atoms with E-state index in [0.29, 0.717) is 0 Å². The highest BCUT2D eigenvalue weighted by molar-refractivity contribution is 9.12. The number of nitrogens with zero attached hydrogens (tertiary/aromatic N) is 3. The van der Waals surface area contributed by atoms with Gasteiger partial charge in [0.05, 0.1) is 33.7 Å². The van der Waals surface area contributed by atoms with Crippen LogP contribution in [0.1, 0.15) is 5.56 Å². The molecular formula is C15H13Br2N3O4. The summed E-state index contributed by atoms with van der Waals surface area (Å²) >= 11 is 6.95. The molecule has 2 unspecified atom stereocenters. The van der Waals surface area contributed by atoms with Gasteiger partial charge in [0.15, 0.2) is 0 Å². The number of amides is 1. The summed E-state index contributed by atoms with van der Waals surface area (Å²) in [5.41, 5.74) is 9.37. The summed E-state index contributed by atoms with van der Waals surface area (Å²) in [6.07, 6.45) is -1.04. The van der Waals surface area contributed by atoms with Crippen molar-refractivity contribution < 1.29 is 19.1 Å².